The molecule has 0 unspecified atom stereocenters. The third-order valence-corrected chi connectivity index (χ3v) is 8.25. The highest BCUT2D eigenvalue weighted by atomic mass is 16.5. The van der Waals surface area contributed by atoms with E-state index in [1.807, 2.05) is 16.6 Å². The lowest BCUT2D eigenvalue weighted by Gasteiger charge is -2.39. The van der Waals surface area contributed by atoms with Gasteiger partial charge in [0.2, 0.25) is 0 Å². The van der Waals surface area contributed by atoms with Crippen molar-refractivity contribution >= 4 is 16.6 Å². The summed E-state index contributed by atoms with van der Waals surface area (Å²) < 4.78 is 9.37. The maximum Gasteiger partial charge on any atom is 0.185 e. The Balaban J connectivity index is 1.29. The first kappa shape index (κ1) is 24.1. The van der Waals surface area contributed by atoms with Crippen LogP contribution in [0.3, 0.4) is 0 Å². The molecule has 1 saturated carbocycles. The Labute approximate surface area is 226 Å². The van der Waals surface area contributed by atoms with Crippen molar-refractivity contribution in [3.63, 3.8) is 0 Å². The van der Waals surface area contributed by atoms with Gasteiger partial charge >= 0.3 is 0 Å². The molecule has 0 spiro atoms. The molecule has 1 aliphatic carbocycles. The second kappa shape index (κ2) is 10.3. The number of tetrazole rings is 2. The van der Waals surface area contributed by atoms with E-state index in [2.05, 4.69) is 88.0 Å². The molecule has 1 saturated heterocycles. The zero-order chi connectivity index (χ0) is 26.2. The van der Waals surface area contributed by atoms with Gasteiger partial charge in [-0.1, -0.05) is 43.2 Å². The van der Waals surface area contributed by atoms with Crippen molar-refractivity contribution in [1.29, 1.82) is 0 Å². The molecule has 39 heavy (non-hydrogen) atoms. The number of hydrogen-bond acceptors (Lipinski definition) is 9. The number of fused-ring (bicyclic) bond motifs is 3. The van der Waals surface area contributed by atoms with Gasteiger partial charge in [0.25, 0.3) is 0 Å². The summed E-state index contributed by atoms with van der Waals surface area (Å²) in [6.45, 7) is 4.66. The van der Waals surface area contributed by atoms with E-state index in [4.69, 9.17) is 4.74 Å². The number of benzene rings is 2. The molecular weight excluding hydrogens is 492 g/mol. The molecule has 5 aromatic rings. The fourth-order valence-electron chi connectivity index (χ4n) is 6.23. The van der Waals surface area contributed by atoms with Crippen molar-refractivity contribution in [2.24, 2.45) is 0 Å². The van der Waals surface area contributed by atoms with Crippen LogP contribution in [0.1, 0.15) is 54.7 Å². The molecule has 1 atom stereocenters. The Hall–Kier alpha value is -3.96. The molecule has 4 heterocycles. The van der Waals surface area contributed by atoms with Gasteiger partial charge < -0.3 is 4.74 Å². The topological polar surface area (TPSA) is 102 Å². The van der Waals surface area contributed by atoms with Crippen LogP contribution in [-0.2, 0) is 6.54 Å². The highest BCUT2D eigenvalue weighted by molar-refractivity contribution is 5.84. The molecule has 2 aliphatic rings. The predicted octanol–water partition coefficient (Wildman–Crippen LogP) is 3.29. The first-order chi connectivity index (χ1) is 19.3. The number of methoxy groups -OCH3 is 1. The van der Waals surface area contributed by atoms with Crippen LogP contribution in [0.4, 0.5) is 0 Å². The maximum absolute atomic E-state index is 5.48. The standard InChI is InChI=1S/C28H32N10O/c1-39-23-12-11-21-17-24(27-29-31-34-38(27)25(21)18-23)26(28-30-32-33-37(28)22-9-5-6-10-22)36-15-13-35(14-16-36)19-20-7-3-2-4-8-20/h2-4,7-8,11-12,17-18,22,26H,5-6,9-10,13-16,19H2,1H3/t26-/m1/s1. The molecule has 200 valence electrons. The first-order valence-corrected chi connectivity index (χ1v) is 13.8. The summed E-state index contributed by atoms with van der Waals surface area (Å²) in [5, 5.41) is 27.3. The van der Waals surface area contributed by atoms with Crippen molar-refractivity contribution < 1.29 is 4.74 Å². The molecule has 0 radical (unpaired) electrons. The minimum Gasteiger partial charge on any atom is -0.497 e. The van der Waals surface area contributed by atoms with Gasteiger partial charge in [0.05, 0.1) is 18.7 Å². The quantitative estimate of drug-likeness (QED) is 0.317. The van der Waals surface area contributed by atoms with E-state index < -0.39 is 0 Å². The fourth-order valence-corrected chi connectivity index (χ4v) is 6.23. The molecular formula is C28H32N10O. The van der Waals surface area contributed by atoms with Crippen LogP contribution in [-0.4, -0.2) is 83.3 Å². The van der Waals surface area contributed by atoms with Crippen molar-refractivity contribution in [2.75, 3.05) is 33.3 Å². The first-order valence-electron chi connectivity index (χ1n) is 13.8. The molecule has 11 nitrogen and oxygen atoms in total. The zero-order valence-electron chi connectivity index (χ0n) is 22.1. The van der Waals surface area contributed by atoms with E-state index in [9.17, 15) is 0 Å². The SMILES string of the molecule is COc1ccc2cc([C@H](c3nnnn3C3CCCC3)N3CCN(Cc4ccccc4)CC3)c3nnnn3c2c1. The maximum atomic E-state index is 5.48. The van der Waals surface area contributed by atoms with Crippen LogP contribution >= 0.6 is 0 Å². The summed E-state index contributed by atoms with van der Waals surface area (Å²) in [6, 6.07) is 19.1. The van der Waals surface area contributed by atoms with Gasteiger partial charge in [-0.15, -0.1) is 10.2 Å². The van der Waals surface area contributed by atoms with Crippen LogP contribution in [0.15, 0.2) is 54.6 Å². The number of aromatic nitrogens is 8. The van der Waals surface area contributed by atoms with Crippen molar-refractivity contribution in [1.82, 2.24) is 50.0 Å². The summed E-state index contributed by atoms with van der Waals surface area (Å²) in [5.74, 6) is 1.64. The van der Waals surface area contributed by atoms with Gasteiger partial charge in [-0.05, 0) is 57.5 Å². The highest BCUT2D eigenvalue weighted by Crippen LogP contribution is 2.37. The van der Waals surface area contributed by atoms with E-state index in [0.717, 1.165) is 73.6 Å². The van der Waals surface area contributed by atoms with Crippen molar-refractivity contribution in [2.45, 2.75) is 44.3 Å². The second-order valence-corrected chi connectivity index (χ2v) is 10.6. The summed E-state index contributed by atoms with van der Waals surface area (Å²) in [4.78, 5) is 5.02. The molecule has 1 aliphatic heterocycles. The Morgan fingerprint density at radius 2 is 1.69 bits per heavy atom. The molecule has 2 aromatic carbocycles. The highest BCUT2D eigenvalue weighted by Gasteiger charge is 2.35. The Morgan fingerprint density at radius 3 is 2.49 bits per heavy atom. The van der Waals surface area contributed by atoms with Crippen LogP contribution in [0, 0.1) is 0 Å². The second-order valence-electron chi connectivity index (χ2n) is 10.6. The van der Waals surface area contributed by atoms with Crippen molar-refractivity contribution in [3.05, 3.63) is 71.5 Å². The van der Waals surface area contributed by atoms with Gasteiger partial charge in [0.1, 0.15) is 11.8 Å². The Kier molecular flexibility index (Phi) is 6.37. The number of piperazine rings is 1. The lowest BCUT2D eigenvalue weighted by Crippen LogP contribution is -2.48. The van der Waals surface area contributed by atoms with Crippen LogP contribution < -0.4 is 4.74 Å². The minimum atomic E-state index is -0.167. The van der Waals surface area contributed by atoms with E-state index in [1.165, 1.54) is 18.4 Å². The summed E-state index contributed by atoms with van der Waals surface area (Å²) >= 11 is 0. The summed E-state index contributed by atoms with van der Waals surface area (Å²) in [6.07, 6.45) is 4.63. The average Bonchev–Trinajstić information content (AvgIpc) is 3.77. The van der Waals surface area contributed by atoms with E-state index >= 15 is 0 Å². The van der Waals surface area contributed by atoms with E-state index in [1.54, 1.807) is 7.11 Å². The van der Waals surface area contributed by atoms with E-state index in [0.29, 0.717) is 11.7 Å². The molecule has 3 aromatic heterocycles. The van der Waals surface area contributed by atoms with Gasteiger partial charge in [-0.3, -0.25) is 9.80 Å². The molecule has 0 bridgehead atoms. The van der Waals surface area contributed by atoms with E-state index in [-0.39, 0.29) is 6.04 Å². The largest absolute Gasteiger partial charge is 0.497 e. The average molecular weight is 525 g/mol. The minimum absolute atomic E-state index is 0.167. The van der Waals surface area contributed by atoms with Gasteiger partial charge in [0.15, 0.2) is 11.5 Å². The number of pyridine rings is 1. The van der Waals surface area contributed by atoms with Gasteiger partial charge in [-0.25, -0.2) is 4.68 Å². The number of ether oxygens (including phenoxy) is 1. The normalized spacial score (nSPS) is 18.3. The fraction of sp³-hybridized carbons (Fsp3) is 0.429. The molecule has 7 rings (SSSR count). The number of rotatable bonds is 7. The van der Waals surface area contributed by atoms with Crippen molar-refractivity contribution in [3.8, 4) is 5.75 Å². The smallest absolute Gasteiger partial charge is 0.185 e. The van der Waals surface area contributed by atoms with Gasteiger partial charge in [-0.2, -0.15) is 4.52 Å². The Morgan fingerprint density at radius 1 is 0.897 bits per heavy atom. The molecule has 11 heteroatoms. The third-order valence-electron chi connectivity index (χ3n) is 8.25. The molecule has 0 amide bonds. The van der Waals surface area contributed by atoms with Crippen LogP contribution in [0.2, 0.25) is 0 Å². The van der Waals surface area contributed by atoms with Crippen LogP contribution in [0.5, 0.6) is 5.75 Å². The lowest BCUT2D eigenvalue weighted by molar-refractivity contribution is 0.0996. The number of hydrogen-bond donors (Lipinski definition) is 0. The zero-order valence-corrected chi connectivity index (χ0v) is 22.1. The molecule has 0 N–H and O–H groups in total. The monoisotopic (exact) mass is 524 g/mol. The lowest BCUT2D eigenvalue weighted by atomic mass is 10.0. The number of nitrogens with zero attached hydrogens (tertiary/aromatic N) is 10. The van der Waals surface area contributed by atoms with Gasteiger partial charge in [0, 0.05) is 49.7 Å². The molecule has 2 fully saturated rings. The summed E-state index contributed by atoms with van der Waals surface area (Å²) in [7, 11) is 1.67. The summed E-state index contributed by atoms with van der Waals surface area (Å²) in [5.41, 5.74) is 3.98. The predicted molar refractivity (Wildman–Crippen MR) is 145 cm³/mol. The third kappa shape index (κ3) is 4.51. The van der Waals surface area contributed by atoms with Crippen LogP contribution in [0.25, 0.3) is 16.6 Å². The Bertz CT molecular complexity index is 1570.